The Hall–Kier alpha value is -3.85. The topological polar surface area (TPSA) is 78.3 Å². The second-order valence-electron chi connectivity index (χ2n) is 7.27. The van der Waals surface area contributed by atoms with Gasteiger partial charge in [-0.15, -0.1) is 10.2 Å². The van der Waals surface area contributed by atoms with E-state index in [1.54, 1.807) is 56.5 Å². The van der Waals surface area contributed by atoms with Crippen molar-refractivity contribution in [3.63, 3.8) is 0 Å². The van der Waals surface area contributed by atoms with E-state index in [9.17, 15) is 9.18 Å². The second kappa shape index (κ2) is 10.8. The van der Waals surface area contributed by atoms with Crippen LogP contribution in [-0.2, 0) is 4.79 Å². The number of hydrogen-bond donors (Lipinski definition) is 1. The normalized spacial score (nSPS) is 11.6. The number of ether oxygens (including phenoxy) is 2. The van der Waals surface area contributed by atoms with Crippen LogP contribution in [0.5, 0.6) is 11.5 Å². The number of thioether (sulfide) groups is 1. The SMILES string of the molecule is COc1ccc(NC(=O)CSc2nnc(C(C)Oc3ccccc3F)n2-c2ccccc2)cc1. The monoisotopic (exact) mass is 478 g/mol. The quantitative estimate of drug-likeness (QED) is 0.330. The molecule has 1 N–H and O–H groups in total. The number of nitrogens with zero attached hydrogens (tertiary/aromatic N) is 3. The fourth-order valence-corrected chi connectivity index (χ4v) is 4.00. The lowest BCUT2D eigenvalue weighted by molar-refractivity contribution is -0.113. The Balaban J connectivity index is 1.52. The standard InChI is InChI=1S/C25H23FN4O3S/c1-17(33-22-11-7-6-10-21(22)26)24-28-29-25(30(24)19-8-4-3-5-9-19)34-16-23(31)27-18-12-14-20(32-2)15-13-18/h3-15,17H,16H2,1-2H3,(H,27,31). The molecule has 1 atom stereocenters. The van der Waals surface area contributed by atoms with Gasteiger partial charge in [-0.2, -0.15) is 0 Å². The highest BCUT2D eigenvalue weighted by Crippen LogP contribution is 2.29. The lowest BCUT2D eigenvalue weighted by Crippen LogP contribution is -2.15. The Labute approximate surface area is 200 Å². The molecular weight excluding hydrogens is 455 g/mol. The molecule has 0 aliphatic carbocycles. The Morgan fingerprint density at radius 2 is 1.74 bits per heavy atom. The summed E-state index contributed by atoms with van der Waals surface area (Å²) in [5.41, 5.74) is 1.48. The minimum absolute atomic E-state index is 0.125. The van der Waals surface area contributed by atoms with Gasteiger partial charge in [0.15, 0.2) is 28.7 Å². The number of aromatic nitrogens is 3. The number of anilines is 1. The smallest absolute Gasteiger partial charge is 0.234 e. The van der Waals surface area contributed by atoms with Crippen LogP contribution in [0.1, 0.15) is 18.9 Å². The molecule has 0 radical (unpaired) electrons. The number of carbonyl (C=O) groups excluding carboxylic acids is 1. The number of benzene rings is 3. The van der Waals surface area contributed by atoms with Crippen LogP contribution < -0.4 is 14.8 Å². The number of hydrogen-bond acceptors (Lipinski definition) is 6. The zero-order chi connectivity index (χ0) is 23.9. The third kappa shape index (κ3) is 5.55. The van der Waals surface area contributed by atoms with Gasteiger partial charge in [0.05, 0.1) is 12.9 Å². The minimum atomic E-state index is -0.591. The van der Waals surface area contributed by atoms with Crippen molar-refractivity contribution in [2.45, 2.75) is 18.2 Å². The van der Waals surface area contributed by atoms with Gasteiger partial charge in [0.25, 0.3) is 0 Å². The molecule has 0 saturated carbocycles. The van der Waals surface area contributed by atoms with Crippen LogP contribution in [0.4, 0.5) is 10.1 Å². The fraction of sp³-hybridized carbons (Fsp3) is 0.160. The lowest BCUT2D eigenvalue weighted by Gasteiger charge is -2.17. The zero-order valence-corrected chi connectivity index (χ0v) is 19.5. The van der Waals surface area contributed by atoms with Crippen molar-refractivity contribution in [1.82, 2.24) is 14.8 Å². The number of para-hydroxylation sites is 2. The first-order chi connectivity index (χ1) is 16.5. The minimum Gasteiger partial charge on any atom is -0.497 e. The number of amides is 1. The van der Waals surface area contributed by atoms with Crippen LogP contribution >= 0.6 is 11.8 Å². The summed E-state index contributed by atoms with van der Waals surface area (Å²) < 4.78 is 26.9. The van der Waals surface area contributed by atoms with E-state index in [1.165, 1.54) is 17.8 Å². The van der Waals surface area contributed by atoms with Gasteiger partial charge in [-0.3, -0.25) is 9.36 Å². The van der Waals surface area contributed by atoms with Gasteiger partial charge < -0.3 is 14.8 Å². The van der Waals surface area contributed by atoms with Gasteiger partial charge in [0, 0.05) is 11.4 Å². The predicted octanol–water partition coefficient (Wildman–Crippen LogP) is 5.29. The molecule has 4 rings (SSSR count). The first-order valence-electron chi connectivity index (χ1n) is 10.5. The van der Waals surface area contributed by atoms with Gasteiger partial charge in [-0.05, 0) is 55.5 Å². The van der Waals surface area contributed by atoms with E-state index >= 15 is 0 Å². The third-order valence-electron chi connectivity index (χ3n) is 4.88. The van der Waals surface area contributed by atoms with Crippen molar-refractivity contribution < 1.29 is 18.7 Å². The first-order valence-corrected chi connectivity index (χ1v) is 11.5. The Kier molecular flexibility index (Phi) is 7.44. The molecule has 0 spiro atoms. The Bertz CT molecular complexity index is 1250. The van der Waals surface area contributed by atoms with Gasteiger partial charge in [0.1, 0.15) is 5.75 Å². The molecule has 9 heteroatoms. The largest absolute Gasteiger partial charge is 0.497 e. The van der Waals surface area contributed by atoms with Crippen LogP contribution in [0.25, 0.3) is 5.69 Å². The van der Waals surface area contributed by atoms with Gasteiger partial charge in [0.2, 0.25) is 5.91 Å². The molecular formula is C25H23FN4O3S. The van der Waals surface area contributed by atoms with Gasteiger partial charge >= 0.3 is 0 Å². The molecule has 3 aromatic carbocycles. The molecule has 1 unspecified atom stereocenters. The van der Waals surface area contributed by atoms with Crippen molar-refractivity contribution in [3.05, 3.63) is 90.5 Å². The van der Waals surface area contributed by atoms with Crippen molar-refractivity contribution in [2.75, 3.05) is 18.2 Å². The van der Waals surface area contributed by atoms with Crippen LogP contribution in [0.2, 0.25) is 0 Å². The maximum absolute atomic E-state index is 14.1. The van der Waals surface area contributed by atoms with E-state index in [0.29, 0.717) is 22.4 Å². The van der Waals surface area contributed by atoms with Gasteiger partial charge in [-0.1, -0.05) is 42.1 Å². The van der Waals surface area contributed by atoms with Crippen molar-refractivity contribution in [3.8, 4) is 17.2 Å². The Morgan fingerprint density at radius 3 is 2.44 bits per heavy atom. The molecule has 0 aliphatic rings. The summed E-state index contributed by atoms with van der Waals surface area (Å²) in [5.74, 6) is 0.820. The summed E-state index contributed by atoms with van der Waals surface area (Å²) in [6.07, 6.45) is -0.591. The van der Waals surface area contributed by atoms with E-state index in [4.69, 9.17) is 9.47 Å². The first kappa shape index (κ1) is 23.3. The number of nitrogens with one attached hydrogen (secondary N) is 1. The van der Waals surface area contributed by atoms with Crippen LogP contribution in [0.3, 0.4) is 0 Å². The highest BCUT2D eigenvalue weighted by atomic mass is 32.2. The predicted molar refractivity (Wildman–Crippen MR) is 129 cm³/mol. The summed E-state index contributed by atoms with van der Waals surface area (Å²) in [6.45, 7) is 1.78. The fourth-order valence-electron chi connectivity index (χ4n) is 3.24. The van der Waals surface area contributed by atoms with Gasteiger partial charge in [-0.25, -0.2) is 4.39 Å². The average Bonchev–Trinajstić information content (AvgIpc) is 3.29. The molecule has 0 bridgehead atoms. The lowest BCUT2D eigenvalue weighted by atomic mass is 10.3. The van der Waals surface area contributed by atoms with E-state index in [-0.39, 0.29) is 17.4 Å². The van der Waals surface area contributed by atoms with Crippen LogP contribution in [0, 0.1) is 5.82 Å². The van der Waals surface area contributed by atoms with Crippen LogP contribution in [-0.4, -0.2) is 33.5 Å². The van der Waals surface area contributed by atoms with Crippen molar-refractivity contribution >= 4 is 23.4 Å². The highest BCUT2D eigenvalue weighted by Gasteiger charge is 2.22. The molecule has 174 valence electrons. The highest BCUT2D eigenvalue weighted by molar-refractivity contribution is 7.99. The Morgan fingerprint density at radius 1 is 1.03 bits per heavy atom. The molecule has 0 fully saturated rings. The second-order valence-corrected chi connectivity index (χ2v) is 8.21. The van der Waals surface area contributed by atoms with Crippen molar-refractivity contribution in [1.29, 1.82) is 0 Å². The number of halogens is 1. The molecule has 7 nitrogen and oxygen atoms in total. The van der Waals surface area contributed by atoms with E-state index in [2.05, 4.69) is 15.5 Å². The van der Waals surface area contributed by atoms with E-state index in [0.717, 1.165) is 5.69 Å². The maximum Gasteiger partial charge on any atom is 0.234 e. The van der Waals surface area contributed by atoms with E-state index < -0.39 is 11.9 Å². The molecule has 1 aromatic heterocycles. The number of rotatable bonds is 9. The summed E-state index contributed by atoms with van der Waals surface area (Å²) >= 11 is 1.25. The molecule has 0 aliphatic heterocycles. The average molecular weight is 479 g/mol. The summed E-state index contributed by atoms with van der Waals surface area (Å²) in [7, 11) is 1.59. The van der Waals surface area contributed by atoms with E-state index in [1.807, 2.05) is 34.9 Å². The molecule has 34 heavy (non-hydrogen) atoms. The summed E-state index contributed by atoms with van der Waals surface area (Å²) in [5, 5.41) is 12.0. The zero-order valence-electron chi connectivity index (χ0n) is 18.6. The molecule has 4 aromatic rings. The molecule has 0 saturated heterocycles. The van der Waals surface area contributed by atoms with Crippen LogP contribution in [0.15, 0.2) is 84.0 Å². The molecule has 1 heterocycles. The van der Waals surface area contributed by atoms with Crippen molar-refractivity contribution in [2.24, 2.45) is 0 Å². The summed E-state index contributed by atoms with van der Waals surface area (Å²) in [6, 6.07) is 22.8. The maximum atomic E-state index is 14.1. The third-order valence-corrected chi connectivity index (χ3v) is 5.81. The molecule has 1 amide bonds. The number of carbonyl (C=O) groups is 1. The summed E-state index contributed by atoms with van der Waals surface area (Å²) in [4.78, 5) is 12.5. The number of methoxy groups -OCH3 is 1.